The first kappa shape index (κ1) is 28.8. The molecular weight excluding hydrogens is 566 g/mol. The Hall–Kier alpha value is -5.26. The largest absolute Gasteiger partial charge is 0.496 e. The third kappa shape index (κ3) is 6.38. The van der Waals surface area contributed by atoms with Crippen LogP contribution in [0.1, 0.15) is 44.2 Å². The maximum atomic E-state index is 13.5. The fourth-order valence-electron chi connectivity index (χ4n) is 5.34. The van der Waals surface area contributed by atoms with Gasteiger partial charge in [0, 0.05) is 55.6 Å². The molecule has 2 N–H and O–H groups in total. The van der Waals surface area contributed by atoms with E-state index in [1.165, 1.54) is 0 Å². The maximum Gasteiger partial charge on any atom is 0.289 e. The van der Waals surface area contributed by atoms with Crippen LogP contribution in [0.5, 0.6) is 17.2 Å². The summed E-state index contributed by atoms with van der Waals surface area (Å²) in [4.78, 5) is 41.2. The van der Waals surface area contributed by atoms with Gasteiger partial charge >= 0.3 is 0 Å². The van der Waals surface area contributed by atoms with Gasteiger partial charge in [-0.05, 0) is 55.0 Å². The highest BCUT2D eigenvalue weighted by molar-refractivity contribution is 5.95. The number of aromatic nitrogens is 2. The van der Waals surface area contributed by atoms with Gasteiger partial charge in [-0.1, -0.05) is 6.07 Å². The second kappa shape index (κ2) is 12.5. The van der Waals surface area contributed by atoms with Crippen LogP contribution in [0.4, 0.5) is 0 Å². The third-order valence-corrected chi connectivity index (χ3v) is 7.73. The number of furan rings is 1. The lowest BCUT2D eigenvalue weighted by molar-refractivity contribution is -0.123. The maximum absolute atomic E-state index is 13.5. The number of piperidine rings is 1. The van der Waals surface area contributed by atoms with Crippen molar-refractivity contribution >= 4 is 17.7 Å². The molecule has 0 spiro atoms. The quantitative estimate of drug-likeness (QED) is 0.366. The molecule has 0 saturated carbocycles. The van der Waals surface area contributed by atoms with Crippen molar-refractivity contribution in [2.75, 3.05) is 26.8 Å². The van der Waals surface area contributed by atoms with Gasteiger partial charge in [-0.2, -0.15) is 5.10 Å². The van der Waals surface area contributed by atoms with E-state index in [1.54, 1.807) is 65.4 Å². The molecule has 5 heterocycles. The molecular formula is C32H33N5O7. The van der Waals surface area contributed by atoms with Gasteiger partial charge in [0.1, 0.15) is 29.1 Å². The summed E-state index contributed by atoms with van der Waals surface area (Å²) >= 11 is 0. The van der Waals surface area contributed by atoms with Crippen molar-refractivity contribution in [1.82, 2.24) is 25.3 Å². The zero-order valence-corrected chi connectivity index (χ0v) is 24.4. The van der Waals surface area contributed by atoms with E-state index in [9.17, 15) is 14.4 Å². The monoisotopic (exact) mass is 599 g/mol. The number of nitrogens with one attached hydrogen (secondary N) is 2. The van der Waals surface area contributed by atoms with Gasteiger partial charge in [0.15, 0.2) is 12.4 Å². The van der Waals surface area contributed by atoms with Crippen LogP contribution in [0.2, 0.25) is 0 Å². The van der Waals surface area contributed by atoms with E-state index < -0.39 is 12.1 Å². The van der Waals surface area contributed by atoms with E-state index in [2.05, 4.69) is 15.7 Å². The summed E-state index contributed by atoms with van der Waals surface area (Å²) in [7, 11) is 1.55. The van der Waals surface area contributed by atoms with E-state index in [4.69, 9.17) is 18.6 Å². The number of carbonyl (C=O) groups excluding carboxylic acids is 3. The first-order chi connectivity index (χ1) is 21.4. The van der Waals surface area contributed by atoms with Gasteiger partial charge in [-0.25, -0.2) is 0 Å². The summed E-state index contributed by atoms with van der Waals surface area (Å²) in [6.07, 6.45) is 3.51. The van der Waals surface area contributed by atoms with Crippen LogP contribution in [-0.2, 0) is 17.9 Å². The minimum Gasteiger partial charge on any atom is -0.496 e. The van der Waals surface area contributed by atoms with E-state index in [1.807, 2.05) is 25.3 Å². The molecule has 44 heavy (non-hydrogen) atoms. The average Bonchev–Trinajstić information content (AvgIpc) is 3.72. The molecule has 0 aliphatic carbocycles. The standard InChI is InChI=1S/C32H33N5O7/c1-20-4-5-21-14-28(20)42-19-30(38)33-16-22-6-7-23(15-29(22)41-2)43-26-10-13-36(18-25(26)35-31(21)39)32(40)27-9-8-24(44-27)17-37-12-3-11-34-37/h3-9,11-12,14-15,25-26H,10,13,16-19H2,1-2H3,(H,33,38)(H,35,39)/t25-,26+/m0/s1. The summed E-state index contributed by atoms with van der Waals surface area (Å²) in [5.74, 6) is 1.39. The Morgan fingerprint density at radius 2 is 2.02 bits per heavy atom. The molecule has 2 aromatic carbocycles. The average molecular weight is 600 g/mol. The predicted octanol–water partition coefficient (Wildman–Crippen LogP) is 2.94. The molecule has 0 unspecified atom stereocenters. The molecule has 3 aliphatic heterocycles. The first-order valence-electron chi connectivity index (χ1n) is 14.4. The van der Waals surface area contributed by atoms with Gasteiger partial charge in [0.05, 0.1) is 19.7 Å². The van der Waals surface area contributed by atoms with Crippen LogP contribution >= 0.6 is 0 Å². The Labute approximate surface area is 253 Å². The first-order valence-corrected chi connectivity index (χ1v) is 14.4. The second-order valence-electron chi connectivity index (χ2n) is 10.8. The summed E-state index contributed by atoms with van der Waals surface area (Å²) in [6.45, 7) is 2.87. The second-order valence-corrected chi connectivity index (χ2v) is 10.8. The minimum absolute atomic E-state index is 0.202. The van der Waals surface area contributed by atoms with E-state index in [0.717, 1.165) is 11.1 Å². The van der Waals surface area contributed by atoms with Crippen molar-refractivity contribution < 1.29 is 33.0 Å². The number of rotatable bonds is 4. The molecule has 3 amide bonds. The SMILES string of the molecule is COc1cc2ccc1CNC(=O)COc1cc(ccc1C)C(=O)N[C@H]1CN(C(=O)c3ccc(Cn4cccn4)o3)CC[C@H]1O2. The van der Waals surface area contributed by atoms with Gasteiger partial charge in [-0.15, -0.1) is 0 Å². The van der Waals surface area contributed by atoms with E-state index in [-0.39, 0.29) is 43.2 Å². The molecule has 7 rings (SSSR count). The Balaban J connectivity index is 1.26. The molecule has 3 aliphatic rings. The molecule has 228 valence electrons. The molecule has 12 heteroatoms. The van der Waals surface area contributed by atoms with Crippen LogP contribution < -0.4 is 24.8 Å². The van der Waals surface area contributed by atoms with Crippen molar-refractivity contribution in [3.05, 3.63) is 95.2 Å². The van der Waals surface area contributed by atoms with Crippen LogP contribution in [-0.4, -0.2) is 71.4 Å². The highest BCUT2D eigenvalue weighted by atomic mass is 16.5. The molecule has 2 aromatic heterocycles. The number of benzene rings is 2. The van der Waals surface area contributed by atoms with Crippen molar-refractivity contribution in [3.8, 4) is 17.2 Å². The summed E-state index contributed by atoms with van der Waals surface area (Å²) in [6, 6.07) is 15.1. The Kier molecular flexibility index (Phi) is 8.22. The molecule has 4 aromatic rings. The fraction of sp³-hybridized carbons (Fsp3) is 0.312. The minimum atomic E-state index is -0.547. The molecule has 1 saturated heterocycles. The molecule has 2 atom stereocenters. The number of hydrogen-bond acceptors (Lipinski definition) is 8. The number of carbonyl (C=O) groups is 3. The van der Waals surface area contributed by atoms with Crippen LogP contribution in [0, 0.1) is 6.92 Å². The number of amides is 3. The smallest absolute Gasteiger partial charge is 0.289 e. The Morgan fingerprint density at radius 1 is 1.14 bits per heavy atom. The number of fused-ring (bicyclic) bond motifs is 7. The van der Waals surface area contributed by atoms with Crippen LogP contribution in [0.15, 0.2) is 71.4 Å². The summed E-state index contributed by atoms with van der Waals surface area (Å²) in [5, 5.41) is 10.1. The van der Waals surface area contributed by atoms with Gasteiger partial charge in [-0.3, -0.25) is 19.1 Å². The topological polar surface area (TPSA) is 137 Å². The zero-order valence-electron chi connectivity index (χ0n) is 24.4. The number of hydrogen-bond donors (Lipinski definition) is 2. The molecule has 12 nitrogen and oxygen atoms in total. The van der Waals surface area contributed by atoms with Crippen molar-refractivity contribution in [3.63, 3.8) is 0 Å². The highest BCUT2D eigenvalue weighted by Gasteiger charge is 2.36. The zero-order chi connectivity index (χ0) is 30.6. The van der Waals surface area contributed by atoms with E-state index >= 15 is 0 Å². The van der Waals surface area contributed by atoms with Gasteiger partial charge < -0.3 is 34.2 Å². The van der Waals surface area contributed by atoms with E-state index in [0.29, 0.717) is 48.1 Å². The normalized spacial score (nSPS) is 18.7. The van der Waals surface area contributed by atoms with Gasteiger partial charge in [0.25, 0.3) is 17.7 Å². The molecule has 4 bridgehead atoms. The van der Waals surface area contributed by atoms with Crippen molar-refractivity contribution in [2.24, 2.45) is 0 Å². The number of nitrogens with zero attached hydrogens (tertiary/aromatic N) is 3. The number of aryl methyl sites for hydroxylation is 1. The van der Waals surface area contributed by atoms with Gasteiger partial charge in [0.2, 0.25) is 0 Å². The number of ether oxygens (including phenoxy) is 3. The molecule has 0 radical (unpaired) electrons. The summed E-state index contributed by atoms with van der Waals surface area (Å²) < 4.78 is 25.3. The number of likely N-dealkylation sites (tertiary alicyclic amines) is 1. The fourth-order valence-corrected chi connectivity index (χ4v) is 5.34. The Bertz CT molecular complexity index is 1670. The Morgan fingerprint density at radius 3 is 2.84 bits per heavy atom. The number of methoxy groups -OCH3 is 1. The third-order valence-electron chi connectivity index (χ3n) is 7.73. The molecule has 1 fully saturated rings. The van der Waals surface area contributed by atoms with Crippen molar-refractivity contribution in [2.45, 2.75) is 38.6 Å². The lowest BCUT2D eigenvalue weighted by Crippen LogP contribution is -2.58. The van der Waals surface area contributed by atoms with Crippen LogP contribution in [0.25, 0.3) is 0 Å². The lowest BCUT2D eigenvalue weighted by Gasteiger charge is -2.38. The lowest BCUT2D eigenvalue weighted by atomic mass is 10.0. The predicted molar refractivity (Wildman–Crippen MR) is 158 cm³/mol. The van der Waals surface area contributed by atoms with Crippen LogP contribution in [0.3, 0.4) is 0 Å². The summed E-state index contributed by atoms with van der Waals surface area (Å²) in [5.41, 5.74) is 1.91. The highest BCUT2D eigenvalue weighted by Crippen LogP contribution is 2.28. The van der Waals surface area contributed by atoms with Crippen molar-refractivity contribution in [1.29, 1.82) is 0 Å².